The van der Waals surface area contributed by atoms with Crippen molar-refractivity contribution in [1.29, 1.82) is 0 Å². The number of fused-ring (bicyclic) bond motifs is 3. The van der Waals surface area contributed by atoms with E-state index in [1.54, 1.807) is 24.3 Å². The molecule has 0 fully saturated rings. The summed E-state index contributed by atoms with van der Waals surface area (Å²) in [6.45, 7) is 1.23. The van der Waals surface area contributed by atoms with E-state index < -0.39 is 25.3 Å². The predicted molar refractivity (Wildman–Crippen MR) is 135 cm³/mol. The van der Waals surface area contributed by atoms with Gasteiger partial charge in [0.15, 0.2) is 0 Å². The monoisotopic (exact) mass is 514 g/mol. The third kappa shape index (κ3) is 4.50. The van der Waals surface area contributed by atoms with Gasteiger partial charge in [0.2, 0.25) is 0 Å². The van der Waals surface area contributed by atoms with Gasteiger partial charge in [-0.2, -0.15) is 0 Å². The van der Waals surface area contributed by atoms with Crippen LogP contribution in [-0.2, 0) is 9.36 Å². The fraction of sp³-hybridized carbons (Fsp3) is 0.0357. The van der Waals surface area contributed by atoms with E-state index in [4.69, 9.17) is 14.0 Å². The first-order valence-corrected chi connectivity index (χ1v) is 12.8. The second-order valence-electron chi connectivity index (χ2n) is 8.15. The number of carbonyl (C=O) groups excluding carboxylic acids is 2. The molecular formula is C28H19O8P. The van der Waals surface area contributed by atoms with Gasteiger partial charge in [-0.25, -0.2) is 9.59 Å². The summed E-state index contributed by atoms with van der Waals surface area (Å²) in [6, 6.07) is 23.6. The van der Waals surface area contributed by atoms with Crippen LogP contribution in [0.25, 0.3) is 11.1 Å². The number of rotatable bonds is 5. The van der Waals surface area contributed by atoms with E-state index in [1.165, 1.54) is 49.4 Å². The molecule has 1 unspecified atom stereocenters. The molecule has 0 radical (unpaired) electrons. The smallest absolute Gasteiger partial charge is 0.343 e. The quantitative estimate of drug-likeness (QED) is 0.229. The Hall–Kier alpha value is -4.68. The zero-order valence-corrected chi connectivity index (χ0v) is 20.3. The molecule has 0 spiro atoms. The maximum atomic E-state index is 14.7. The van der Waals surface area contributed by atoms with E-state index in [2.05, 4.69) is 0 Å². The molecular weight excluding hydrogens is 495 g/mol. The van der Waals surface area contributed by atoms with Gasteiger partial charge < -0.3 is 19.1 Å². The average molecular weight is 514 g/mol. The normalized spacial score (nSPS) is 15.5. The molecule has 0 aliphatic carbocycles. The Kier molecular flexibility index (Phi) is 6.11. The molecule has 0 saturated heterocycles. The molecule has 0 amide bonds. The van der Waals surface area contributed by atoms with E-state index in [1.807, 2.05) is 24.3 Å². The summed E-state index contributed by atoms with van der Waals surface area (Å²) < 4.78 is 31.7. The molecule has 5 rings (SSSR count). The van der Waals surface area contributed by atoms with Gasteiger partial charge in [-0.3, -0.25) is 9.36 Å². The summed E-state index contributed by atoms with van der Waals surface area (Å²) in [5.41, 5.74) is 1.35. The number of hydrogen-bond donors (Lipinski definition) is 1. The van der Waals surface area contributed by atoms with E-state index in [0.29, 0.717) is 16.6 Å². The van der Waals surface area contributed by atoms with Gasteiger partial charge in [0.25, 0.3) is 0 Å². The number of aromatic carboxylic acids is 1. The van der Waals surface area contributed by atoms with E-state index in [-0.39, 0.29) is 27.9 Å². The van der Waals surface area contributed by atoms with E-state index >= 15 is 0 Å². The standard InChI is InChI=1S/C28H19O8P/c1-17(29)34-20-13-14-24(35-28(32)19-8-6-7-18(15-19)27(30)31)26(16-20)37(33)25-12-5-3-10-22(25)21-9-2-4-11-23(21)36-37/h2-16H,1H3,(H,30,31). The summed E-state index contributed by atoms with van der Waals surface area (Å²) in [6.07, 6.45) is 0. The minimum atomic E-state index is -3.93. The number of hydrogen-bond acceptors (Lipinski definition) is 7. The molecule has 9 heteroatoms. The highest BCUT2D eigenvalue weighted by Crippen LogP contribution is 2.55. The molecule has 0 saturated carbocycles. The van der Waals surface area contributed by atoms with Crippen molar-refractivity contribution < 1.29 is 38.1 Å². The predicted octanol–water partition coefficient (Wildman–Crippen LogP) is 4.82. The fourth-order valence-corrected chi connectivity index (χ4v) is 6.47. The van der Waals surface area contributed by atoms with Gasteiger partial charge in [0, 0.05) is 12.5 Å². The molecule has 1 aliphatic heterocycles. The van der Waals surface area contributed by atoms with E-state index in [9.17, 15) is 24.1 Å². The van der Waals surface area contributed by atoms with Crippen molar-refractivity contribution in [3.05, 3.63) is 102 Å². The summed E-state index contributed by atoms with van der Waals surface area (Å²) in [4.78, 5) is 36.0. The maximum Gasteiger partial charge on any atom is 0.343 e. The van der Waals surface area contributed by atoms with Crippen molar-refractivity contribution in [3.8, 4) is 28.4 Å². The number of carboxylic acids is 1. The van der Waals surface area contributed by atoms with Crippen LogP contribution in [0.5, 0.6) is 17.2 Å². The third-order valence-electron chi connectivity index (χ3n) is 5.68. The van der Waals surface area contributed by atoms with Crippen LogP contribution in [0.1, 0.15) is 27.6 Å². The second-order valence-corrected chi connectivity index (χ2v) is 10.4. The lowest BCUT2D eigenvalue weighted by atomic mass is 10.0. The highest BCUT2D eigenvalue weighted by molar-refractivity contribution is 7.75. The molecule has 0 bridgehead atoms. The summed E-state index contributed by atoms with van der Waals surface area (Å²) in [5, 5.41) is 9.66. The van der Waals surface area contributed by atoms with Gasteiger partial charge >= 0.3 is 25.3 Å². The Morgan fingerprint density at radius 2 is 1.46 bits per heavy atom. The fourth-order valence-electron chi connectivity index (χ4n) is 4.07. The second kappa shape index (κ2) is 9.41. The van der Waals surface area contributed by atoms with Crippen LogP contribution in [0.4, 0.5) is 0 Å². The SMILES string of the molecule is CC(=O)Oc1ccc(OC(=O)c2cccc(C(=O)O)c2)c(P2(=O)Oc3ccccc3-c3ccccc32)c1. The first-order valence-electron chi connectivity index (χ1n) is 11.1. The maximum absolute atomic E-state index is 14.7. The number of carbonyl (C=O) groups is 3. The molecule has 1 aliphatic rings. The van der Waals surface area contributed by atoms with Crippen molar-refractivity contribution in [1.82, 2.24) is 0 Å². The lowest BCUT2D eigenvalue weighted by Crippen LogP contribution is -2.27. The van der Waals surface area contributed by atoms with Crippen molar-refractivity contribution in [2.45, 2.75) is 6.92 Å². The topological polar surface area (TPSA) is 116 Å². The Balaban J connectivity index is 1.65. The average Bonchev–Trinajstić information content (AvgIpc) is 2.89. The van der Waals surface area contributed by atoms with Crippen molar-refractivity contribution in [2.75, 3.05) is 0 Å². The largest absolute Gasteiger partial charge is 0.478 e. The summed E-state index contributed by atoms with van der Waals surface area (Å²) in [7, 11) is -3.93. The minimum Gasteiger partial charge on any atom is -0.478 e. The highest BCUT2D eigenvalue weighted by Gasteiger charge is 2.40. The molecule has 37 heavy (non-hydrogen) atoms. The molecule has 0 aromatic heterocycles. The summed E-state index contributed by atoms with van der Waals surface area (Å²) >= 11 is 0. The Labute approximate surface area is 211 Å². The Morgan fingerprint density at radius 1 is 0.757 bits per heavy atom. The van der Waals surface area contributed by atoms with Gasteiger partial charge in [-0.15, -0.1) is 0 Å². The van der Waals surface area contributed by atoms with Crippen molar-refractivity contribution in [2.24, 2.45) is 0 Å². The number of esters is 2. The van der Waals surface area contributed by atoms with Gasteiger partial charge in [0.05, 0.1) is 21.7 Å². The number of benzene rings is 4. The zero-order chi connectivity index (χ0) is 26.2. The van der Waals surface area contributed by atoms with Crippen LogP contribution in [0.2, 0.25) is 0 Å². The van der Waals surface area contributed by atoms with Crippen LogP contribution < -0.4 is 24.6 Å². The van der Waals surface area contributed by atoms with Crippen molar-refractivity contribution >= 4 is 35.9 Å². The molecule has 1 atom stereocenters. The van der Waals surface area contributed by atoms with Crippen LogP contribution in [0, 0.1) is 0 Å². The molecule has 4 aromatic rings. The van der Waals surface area contributed by atoms with Crippen LogP contribution in [-0.4, -0.2) is 23.0 Å². The molecule has 1 N–H and O–H groups in total. The zero-order valence-electron chi connectivity index (χ0n) is 19.4. The van der Waals surface area contributed by atoms with Crippen LogP contribution in [0.3, 0.4) is 0 Å². The molecule has 1 heterocycles. The van der Waals surface area contributed by atoms with Crippen LogP contribution >= 0.6 is 7.37 Å². The van der Waals surface area contributed by atoms with Gasteiger partial charge in [0.1, 0.15) is 17.2 Å². The summed E-state index contributed by atoms with van der Waals surface area (Å²) in [5.74, 6) is -2.26. The van der Waals surface area contributed by atoms with E-state index in [0.717, 1.165) is 5.56 Å². The third-order valence-corrected chi connectivity index (χ3v) is 8.14. The molecule has 4 aromatic carbocycles. The Morgan fingerprint density at radius 3 is 2.22 bits per heavy atom. The highest BCUT2D eigenvalue weighted by atomic mass is 31.2. The number of ether oxygens (including phenoxy) is 2. The molecule has 8 nitrogen and oxygen atoms in total. The van der Waals surface area contributed by atoms with Crippen molar-refractivity contribution in [3.63, 3.8) is 0 Å². The first kappa shape index (κ1) is 24.0. The lowest BCUT2D eigenvalue weighted by molar-refractivity contribution is -0.131. The van der Waals surface area contributed by atoms with Crippen LogP contribution in [0.15, 0.2) is 91.0 Å². The minimum absolute atomic E-state index is 0.0101. The van der Waals surface area contributed by atoms with Gasteiger partial charge in [-0.1, -0.05) is 42.5 Å². The number of carboxylic acid groups (broad SMARTS) is 1. The molecule has 184 valence electrons. The lowest BCUT2D eigenvalue weighted by Gasteiger charge is -2.29. The number of para-hydroxylation sites is 1. The first-order chi connectivity index (χ1) is 17.8. The van der Waals surface area contributed by atoms with Gasteiger partial charge in [-0.05, 0) is 54.1 Å². The Bertz CT molecular complexity index is 1620.